The van der Waals surface area contributed by atoms with Crippen LogP contribution in [-0.4, -0.2) is 156 Å². The van der Waals surface area contributed by atoms with Crippen molar-refractivity contribution in [2.45, 2.75) is 77.2 Å². The number of phenols is 1. The number of benzene rings is 4. The van der Waals surface area contributed by atoms with Gasteiger partial charge in [0.1, 0.15) is 47.2 Å². The molecule has 72 heavy (non-hydrogen) atoms. The monoisotopic (exact) mass is 1010 g/mol. The van der Waals surface area contributed by atoms with E-state index in [0.717, 1.165) is 36.2 Å². The molecule has 5 aromatic rings. The molecule has 2 unspecified atom stereocenters. The normalized spacial score (nSPS) is 18.5. The molecule has 18 nitrogen and oxygen atoms in total. The van der Waals surface area contributed by atoms with Crippen LogP contribution in [0.2, 0.25) is 5.02 Å². The van der Waals surface area contributed by atoms with Crippen molar-refractivity contribution < 1.29 is 57.2 Å². The molecule has 3 saturated heterocycles. The first kappa shape index (κ1) is 50.3. The van der Waals surface area contributed by atoms with Crippen LogP contribution >= 0.6 is 11.6 Å². The highest BCUT2D eigenvalue weighted by molar-refractivity contribution is 6.35. The van der Waals surface area contributed by atoms with E-state index in [4.69, 9.17) is 40.3 Å². The number of nitrogens with zero attached hydrogens (tertiary/aromatic N) is 6. The lowest BCUT2D eigenvalue weighted by atomic mass is 9.96. The number of amides is 5. The van der Waals surface area contributed by atoms with Gasteiger partial charge in [-0.3, -0.25) is 34.3 Å². The number of halogens is 2. The second kappa shape index (κ2) is 21.2. The largest absolute Gasteiger partial charge is 0.508 e. The summed E-state index contributed by atoms with van der Waals surface area (Å²) in [6, 6.07) is 15.6. The van der Waals surface area contributed by atoms with E-state index in [-0.39, 0.29) is 77.3 Å². The number of ether oxygens (including phenoxy) is 5. The Morgan fingerprint density at radius 2 is 1.60 bits per heavy atom. The second-order valence-corrected chi connectivity index (χ2v) is 19.8. The molecule has 0 spiro atoms. The molecule has 5 amide bonds. The molecular weight excluding hydrogens is 953 g/mol. The quantitative estimate of drug-likeness (QED) is 0.0823. The standard InChI is InChI=1S/C52H57ClFN7O11/c1-30(29-58-15-13-33(14-16-58)69-23-21-68-22-24-70-34-9-10-36-38(27-34)49(66)61(48(36)65)41-11-12-42(63)55-47(41)64)71-50-56-45-39(46(57-50)59-17-19-60(20-18-59)51(67)72-52(2,3)4)28-40(53)43(44(45)54)37-26-32(62)25-31-7-5-6-8-35(31)37/h5-10,25-28,30,33,41,62H,11-24,29H2,1-4H3,(H,55,63,64). The van der Waals surface area contributed by atoms with Crippen molar-refractivity contribution in [3.8, 4) is 28.6 Å². The van der Waals surface area contributed by atoms with Crippen molar-refractivity contribution in [3.63, 3.8) is 0 Å². The zero-order valence-corrected chi connectivity index (χ0v) is 41.3. The van der Waals surface area contributed by atoms with E-state index in [0.29, 0.717) is 73.8 Å². The Balaban J connectivity index is 0.776. The van der Waals surface area contributed by atoms with Gasteiger partial charge in [0.2, 0.25) is 11.8 Å². The molecule has 5 heterocycles. The van der Waals surface area contributed by atoms with Crippen molar-refractivity contribution in [2.75, 3.05) is 77.1 Å². The summed E-state index contributed by atoms with van der Waals surface area (Å²) in [7, 11) is 0. The minimum atomic E-state index is -1.04. The van der Waals surface area contributed by atoms with Gasteiger partial charge in [-0.05, 0) is 99.7 Å². The van der Waals surface area contributed by atoms with Gasteiger partial charge in [0.25, 0.3) is 11.8 Å². The zero-order valence-electron chi connectivity index (χ0n) is 40.6. The number of rotatable bonds is 15. The number of aromatic hydroxyl groups is 1. The molecule has 0 aliphatic carbocycles. The number of fused-ring (bicyclic) bond motifs is 3. The van der Waals surface area contributed by atoms with Crippen LogP contribution in [0.25, 0.3) is 32.8 Å². The van der Waals surface area contributed by atoms with Crippen LogP contribution in [0.5, 0.6) is 17.5 Å². The molecule has 0 saturated carbocycles. The van der Waals surface area contributed by atoms with E-state index < -0.39 is 47.2 Å². The molecule has 3 fully saturated rings. The van der Waals surface area contributed by atoms with E-state index in [1.807, 2.05) is 56.9 Å². The number of carbonyl (C=O) groups is 5. The number of likely N-dealkylation sites (tertiary alicyclic amines) is 1. The molecule has 4 aliphatic rings. The predicted octanol–water partition coefficient (Wildman–Crippen LogP) is 6.75. The molecule has 380 valence electrons. The Bertz CT molecular complexity index is 2920. The Labute approximate surface area is 420 Å². The van der Waals surface area contributed by atoms with Crippen molar-refractivity contribution >= 4 is 68.8 Å². The lowest BCUT2D eigenvalue weighted by Gasteiger charge is -2.36. The number of hydrogen-bond acceptors (Lipinski definition) is 15. The fourth-order valence-corrected chi connectivity index (χ4v) is 9.90. The van der Waals surface area contributed by atoms with E-state index in [1.165, 1.54) is 18.2 Å². The maximum absolute atomic E-state index is 17.2. The van der Waals surface area contributed by atoms with Gasteiger partial charge < -0.3 is 38.6 Å². The zero-order chi connectivity index (χ0) is 50.8. The van der Waals surface area contributed by atoms with Crippen LogP contribution in [-0.2, 0) is 23.8 Å². The molecule has 20 heteroatoms. The van der Waals surface area contributed by atoms with E-state index in [9.17, 15) is 29.1 Å². The Kier molecular flexibility index (Phi) is 14.8. The van der Waals surface area contributed by atoms with Crippen LogP contribution in [0, 0.1) is 5.82 Å². The molecule has 2 N–H and O–H groups in total. The topological polar surface area (TPSA) is 202 Å². The number of piperazine rings is 1. The molecule has 9 rings (SSSR count). The van der Waals surface area contributed by atoms with Gasteiger partial charge in [-0.15, -0.1) is 0 Å². The summed E-state index contributed by atoms with van der Waals surface area (Å²) >= 11 is 6.94. The van der Waals surface area contributed by atoms with E-state index in [2.05, 4.69) is 15.2 Å². The molecular formula is C52H57ClFN7O11. The fraction of sp³-hybridized carbons (Fsp3) is 0.442. The molecule has 0 bridgehead atoms. The van der Waals surface area contributed by atoms with E-state index >= 15 is 4.39 Å². The van der Waals surface area contributed by atoms with Gasteiger partial charge in [0.05, 0.1) is 42.1 Å². The van der Waals surface area contributed by atoms with Crippen molar-refractivity contribution in [1.82, 2.24) is 30.0 Å². The SMILES string of the molecule is CC(CN1CCC(OCCOCCOc2ccc3c(c2)C(=O)N(C2CCC(=O)NC2=O)C3=O)CC1)Oc1nc(N2CCN(C(=O)OC(C)(C)C)CC2)c2cc(Cl)c(-c3cc(O)cc4ccccc34)c(F)c2n1. The Hall–Kier alpha value is -6.67. The number of nitrogens with one attached hydrogen (secondary N) is 1. The van der Waals surface area contributed by atoms with E-state index in [1.54, 1.807) is 23.1 Å². The number of piperidine rings is 2. The Morgan fingerprint density at radius 1 is 0.861 bits per heavy atom. The lowest BCUT2D eigenvalue weighted by Crippen LogP contribution is -2.54. The summed E-state index contributed by atoms with van der Waals surface area (Å²) in [6.45, 7) is 12.1. The number of hydrogen-bond donors (Lipinski definition) is 2. The highest BCUT2D eigenvalue weighted by Gasteiger charge is 2.45. The average Bonchev–Trinajstić information content (AvgIpc) is 3.58. The van der Waals surface area contributed by atoms with Gasteiger partial charge in [-0.2, -0.15) is 9.97 Å². The van der Waals surface area contributed by atoms with Crippen LogP contribution in [0.1, 0.15) is 74.1 Å². The summed E-state index contributed by atoms with van der Waals surface area (Å²) in [5.41, 5.74) is 0.186. The first-order chi connectivity index (χ1) is 34.5. The summed E-state index contributed by atoms with van der Waals surface area (Å²) in [5.74, 6) is -2.21. The van der Waals surface area contributed by atoms with Gasteiger partial charge in [-0.1, -0.05) is 35.9 Å². The smallest absolute Gasteiger partial charge is 0.410 e. The number of aromatic nitrogens is 2. The van der Waals surface area contributed by atoms with Crippen LogP contribution in [0.3, 0.4) is 0 Å². The third-order valence-corrected chi connectivity index (χ3v) is 13.3. The lowest BCUT2D eigenvalue weighted by molar-refractivity contribution is -0.136. The average molecular weight is 1010 g/mol. The summed E-state index contributed by atoms with van der Waals surface area (Å²) in [4.78, 5) is 79.3. The van der Waals surface area contributed by atoms with Crippen molar-refractivity contribution in [2.24, 2.45) is 0 Å². The van der Waals surface area contributed by atoms with Crippen molar-refractivity contribution in [3.05, 3.63) is 82.6 Å². The number of imide groups is 2. The first-order valence-electron chi connectivity index (χ1n) is 24.2. The van der Waals surface area contributed by atoms with Crippen molar-refractivity contribution in [1.29, 1.82) is 0 Å². The number of carbonyl (C=O) groups excluding carboxylic acids is 5. The second-order valence-electron chi connectivity index (χ2n) is 19.4. The maximum atomic E-state index is 17.2. The summed E-state index contributed by atoms with van der Waals surface area (Å²) in [6.07, 6.45) is 0.951. The van der Waals surface area contributed by atoms with Gasteiger partial charge in [0.15, 0.2) is 5.82 Å². The highest BCUT2D eigenvalue weighted by Crippen LogP contribution is 2.43. The summed E-state index contributed by atoms with van der Waals surface area (Å²) in [5, 5.41) is 14.8. The van der Waals surface area contributed by atoms with Crippen LogP contribution in [0.15, 0.2) is 60.7 Å². The van der Waals surface area contributed by atoms with Crippen LogP contribution in [0.4, 0.5) is 15.0 Å². The number of phenolic OH excluding ortho intramolecular Hbond substituents is 1. The minimum absolute atomic E-state index is 0.00614. The van der Waals surface area contributed by atoms with Gasteiger partial charge >= 0.3 is 12.1 Å². The maximum Gasteiger partial charge on any atom is 0.410 e. The highest BCUT2D eigenvalue weighted by atomic mass is 35.5. The molecule has 1 aromatic heterocycles. The summed E-state index contributed by atoms with van der Waals surface area (Å²) < 4.78 is 46.8. The predicted molar refractivity (Wildman–Crippen MR) is 264 cm³/mol. The third kappa shape index (κ3) is 11.0. The Morgan fingerprint density at radius 3 is 2.35 bits per heavy atom. The number of anilines is 1. The van der Waals surface area contributed by atoms with Gasteiger partial charge in [0, 0.05) is 63.2 Å². The third-order valence-electron chi connectivity index (χ3n) is 13.0. The molecule has 2 atom stereocenters. The minimum Gasteiger partial charge on any atom is -0.508 e. The van der Waals surface area contributed by atoms with Crippen LogP contribution < -0.4 is 19.7 Å². The van der Waals surface area contributed by atoms with Gasteiger partial charge in [-0.25, -0.2) is 9.18 Å². The fourth-order valence-electron chi connectivity index (χ4n) is 9.60. The molecule has 4 aromatic carbocycles. The molecule has 4 aliphatic heterocycles. The first-order valence-corrected chi connectivity index (χ1v) is 24.6. The molecule has 0 radical (unpaired) electrons.